The van der Waals surface area contributed by atoms with Gasteiger partial charge < -0.3 is 10.2 Å². The summed E-state index contributed by atoms with van der Waals surface area (Å²) >= 11 is 3.46. The topological polar surface area (TPSA) is 45.2 Å². The average Bonchev–Trinajstić information content (AvgIpc) is 2.33. The zero-order valence-corrected chi connectivity index (χ0v) is 11.2. The lowest BCUT2D eigenvalue weighted by Gasteiger charge is -2.13. The van der Waals surface area contributed by atoms with Crippen molar-refractivity contribution in [3.63, 3.8) is 0 Å². The second kappa shape index (κ2) is 4.71. The molecule has 2 amide bonds. The Labute approximate surface area is 108 Å². The van der Waals surface area contributed by atoms with Gasteiger partial charge in [0, 0.05) is 30.2 Å². The van der Waals surface area contributed by atoms with E-state index in [1.165, 1.54) is 4.90 Å². The highest BCUT2D eigenvalue weighted by Gasteiger charge is 2.09. The van der Waals surface area contributed by atoms with Gasteiger partial charge in [0.15, 0.2) is 0 Å². The van der Waals surface area contributed by atoms with Gasteiger partial charge in [0.05, 0.1) is 11.2 Å². The maximum Gasteiger partial charge on any atom is 0.321 e. The summed E-state index contributed by atoms with van der Waals surface area (Å²) in [5, 5.41) is 3.79. The van der Waals surface area contributed by atoms with Crippen LogP contribution in [-0.4, -0.2) is 30.0 Å². The van der Waals surface area contributed by atoms with Crippen LogP contribution in [0, 0.1) is 0 Å². The van der Waals surface area contributed by atoms with Crippen molar-refractivity contribution < 1.29 is 4.79 Å². The fraction of sp³-hybridized carbons (Fsp3) is 0.167. The molecule has 0 unspecified atom stereocenters. The molecule has 0 fully saturated rings. The number of urea groups is 1. The third-order valence-corrected chi connectivity index (χ3v) is 3.06. The first-order chi connectivity index (χ1) is 8.09. The molecule has 0 aliphatic rings. The van der Waals surface area contributed by atoms with Gasteiger partial charge in [-0.1, -0.05) is 22.0 Å². The molecule has 5 heteroatoms. The van der Waals surface area contributed by atoms with Crippen LogP contribution in [0.15, 0.2) is 34.9 Å². The molecule has 0 saturated heterocycles. The van der Waals surface area contributed by atoms with Gasteiger partial charge >= 0.3 is 6.03 Å². The van der Waals surface area contributed by atoms with Gasteiger partial charge in [0.25, 0.3) is 0 Å². The molecule has 1 aromatic heterocycles. The van der Waals surface area contributed by atoms with Crippen molar-refractivity contribution in [3.05, 3.63) is 34.9 Å². The molecule has 0 radical (unpaired) electrons. The highest BCUT2D eigenvalue weighted by Crippen LogP contribution is 2.28. The second-order valence-electron chi connectivity index (χ2n) is 3.82. The highest BCUT2D eigenvalue weighted by molar-refractivity contribution is 9.10. The monoisotopic (exact) mass is 293 g/mol. The van der Waals surface area contributed by atoms with E-state index >= 15 is 0 Å². The van der Waals surface area contributed by atoms with Gasteiger partial charge in [-0.3, -0.25) is 4.98 Å². The summed E-state index contributed by atoms with van der Waals surface area (Å²) in [4.78, 5) is 17.4. The minimum atomic E-state index is -0.167. The van der Waals surface area contributed by atoms with Gasteiger partial charge in [-0.05, 0) is 18.2 Å². The van der Waals surface area contributed by atoms with Gasteiger partial charge in [-0.2, -0.15) is 0 Å². The Morgan fingerprint density at radius 3 is 2.82 bits per heavy atom. The van der Waals surface area contributed by atoms with Crippen LogP contribution in [0.2, 0.25) is 0 Å². The number of nitrogens with zero attached hydrogens (tertiary/aromatic N) is 2. The predicted octanol–water partition coefficient (Wildman–Crippen LogP) is 3.09. The van der Waals surface area contributed by atoms with Crippen molar-refractivity contribution in [1.82, 2.24) is 9.88 Å². The summed E-state index contributed by atoms with van der Waals surface area (Å²) in [7, 11) is 3.40. The second-order valence-corrected chi connectivity index (χ2v) is 4.67. The van der Waals surface area contributed by atoms with Gasteiger partial charge in [-0.15, -0.1) is 0 Å². The summed E-state index contributed by atoms with van der Waals surface area (Å²) in [6, 6.07) is 7.39. The number of aromatic nitrogens is 1. The number of carbonyl (C=O) groups excluding carboxylic acids is 1. The summed E-state index contributed by atoms with van der Waals surface area (Å²) in [6.45, 7) is 0. The minimum absolute atomic E-state index is 0.167. The first-order valence-electron chi connectivity index (χ1n) is 5.11. The van der Waals surface area contributed by atoms with Crippen LogP contribution in [0.25, 0.3) is 10.9 Å². The van der Waals surface area contributed by atoms with E-state index < -0.39 is 0 Å². The Kier molecular flexibility index (Phi) is 3.28. The van der Waals surface area contributed by atoms with Gasteiger partial charge in [0.2, 0.25) is 0 Å². The van der Waals surface area contributed by atoms with Crippen LogP contribution in [0.5, 0.6) is 0 Å². The molecule has 0 bridgehead atoms. The number of rotatable bonds is 1. The Bertz CT molecular complexity index is 569. The van der Waals surface area contributed by atoms with E-state index in [1.807, 2.05) is 24.3 Å². The van der Waals surface area contributed by atoms with Crippen molar-refractivity contribution in [1.29, 1.82) is 0 Å². The number of amides is 2. The van der Waals surface area contributed by atoms with Crippen LogP contribution in [0.1, 0.15) is 0 Å². The number of pyridine rings is 1. The molecule has 2 aromatic rings. The summed E-state index contributed by atoms with van der Waals surface area (Å²) in [5.74, 6) is 0. The van der Waals surface area contributed by atoms with Crippen molar-refractivity contribution in [3.8, 4) is 0 Å². The van der Waals surface area contributed by atoms with Crippen LogP contribution < -0.4 is 5.32 Å². The number of carbonyl (C=O) groups is 1. The fourth-order valence-corrected chi connectivity index (χ4v) is 1.92. The zero-order chi connectivity index (χ0) is 12.4. The number of nitrogens with one attached hydrogen (secondary N) is 1. The maximum atomic E-state index is 11.6. The molecule has 0 atom stereocenters. The molecule has 1 aromatic carbocycles. The van der Waals surface area contributed by atoms with Crippen molar-refractivity contribution in [2.45, 2.75) is 0 Å². The normalized spacial score (nSPS) is 10.3. The largest absolute Gasteiger partial charge is 0.331 e. The third kappa shape index (κ3) is 2.39. The van der Waals surface area contributed by atoms with E-state index in [9.17, 15) is 4.79 Å². The number of fused-ring (bicyclic) bond motifs is 1. The van der Waals surface area contributed by atoms with E-state index in [4.69, 9.17) is 0 Å². The Balaban J connectivity index is 2.48. The SMILES string of the molecule is CN(C)C(=O)Nc1ccc(Br)c2cccnc12. The van der Waals surface area contributed by atoms with Crippen molar-refractivity contribution in [2.24, 2.45) is 0 Å². The quantitative estimate of drug-likeness (QED) is 0.878. The highest BCUT2D eigenvalue weighted by atomic mass is 79.9. The summed E-state index contributed by atoms with van der Waals surface area (Å²) < 4.78 is 0.962. The Morgan fingerprint density at radius 1 is 1.35 bits per heavy atom. The van der Waals surface area contributed by atoms with Crippen LogP contribution in [-0.2, 0) is 0 Å². The molecular formula is C12H12BrN3O. The average molecular weight is 294 g/mol. The lowest BCUT2D eigenvalue weighted by molar-refractivity contribution is 0.231. The lowest BCUT2D eigenvalue weighted by atomic mass is 10.2. The molecule has 2 rings (SSSR count). The lowest BCUT2D eigenvalue weighted by Crippen LogP contribution is -2.27. The molecule has 1 heterocycles. The Hall–Kier alpha value is -1.62. The molecule has 17 heavy (non-hydrogen) atoms. The molecular weight excluding hydrogens is 282 g/mol. The number of hydrogen-bond donors (Lipinski definition) is 1. The van der Waals surface area contributed by atoms with E-state index in [0.29, 0.717) is 5.69 Å². The van der Waals surface area contributed by atoms with Crippen LogP contribution >= 0.6 is 15.9 Å². The molecule has 4 nitrogen and oxygen atoms in total. The Morgan fingerprint density at radius 2 is 2.12 bits per heavy atom. The summed E-state index contributed by atoms with van der Waals surface area (Å²) in [6.07, 6.45) is 1.71. The standard InChI is InChI=1S/C12H12BrN3O/c1-16(2)12(17)15-10-6-5-9(13)8-4-3-7-14-11(8)10/h3-7H,1-2H3,(H,15,17). The van der Waals surface area contributed by atoms with Gasteiger partial charge in [0.1, 0.15) is 0 Å². The fourth-order valence-electron chi connectivity index (χ4n) is 1.47. The van der Waals surface area contributed by atoms with E-state index in [0.717, 1.165) is 15.4 Å². The van der Waals surface area contributed by atoms with Crippen LogP contribution in [0.3, 0.4) is 0 Å². The molecule has 0 aliphatic heterocycles. The molecule has 1 N–H and O–H groups in total. The number of anilines is 1. The van der Waals surface area contributed by atoms with Gasteiger partial charge in [-0.25, -0.2) is 4.79 Å². The molecule has 0 aliphatic carbocycles. The first kappa shape index (κ1) is 11.9. The maximum absolute atomic E-state index is 11.6. The van der Waals surface area contributed by atoms with Crippen molar-refractivity contribution in [2.75, 3.05) is 19.4 Å². The van der Waals surface area contributed by atoms with Crippen LogP contribution in [0.4, 0.5) is 10.5 Å². The molecule has 0 saturated carbocycles. The zero-order valence-electron chi connectivity index (χ0n) is 9.57. The molecule has 0 spiro atoms. The predicted molar refractivity (Wildman–Crippen MR) is 72.1 cm³/mol. The smallest absolute Gasteiger partial charge is 0.321 e. The first-order valence-corrected chi connectivity index (χ1v) is 5.90. The number of benzene rings is 1. The van der Waals surface area contributed by atoms with Crippen molar-refractivity contribution >= 4 is 38.6 Å². The number of hydrogen-bond acceptors (Lipinski definition) is 2. The minimum Gasteiger partial charge on any atom is -0.331 e. The van der Waals surface area contributed by atoms with E-state index in [1.54, 1.807) is 20.3 Å². The third-order valence-electron chi connectivity index (χ3n) is 2.36. The molecule has 88 valence electrons. The summed E-state index contributed by atoms with van der Waals surface area (Å²) in [5.41, 5.74) is 1.49. The van der Waals surface area contributed by atoms with E-state index in [2.05, 4.69) is 26.2 Å². The number of halogens is 1. The van der Waals surface area contributed by atoms with E-state index in [-0.39, 0.29) is 6.03 Å².